The van der Waals surface area contributed by atoms with Crippen LogP contribution in [0.1, 0.15) is 68.1 Å². The third-order valence-electron chi connectivity index (χ3n) is 6.51. The fourth-order valence-corrected chi connectivity index (χ4v) is 5.82. The fourth-order valence-electron chi connectivity index (χ4n) is 4.79. The van der Waals surface area contributed by atoms with E-state index in [4.69, 9.17) is 5.73 Å². The lowest BCUT2D eigenvalue weighted by Crippen LogP contribution is -2.41. The van der Waals surface area contributed by atoms with Crippen molar-refractivity contribution in [2.45, 2.75) is 52.9 Å². The van der Waals surface area contributed by atoms with Gasteiger partial charge in [-0.05, 0) is 53.9 Å². The third-order valence-corrected chi connectivity index (χ3v) is 7.68. The van der Waals surface area contributed by atoms with Gasteiger partial charge in [-0.15, -0.1) is 11.3 Å². The van der Waals surface area contributed by atoms with Gasteiger partial charge in [0.25, 0.3) is 0 Å². The molecule has 1 saturated carbocycles. The molecule has 0 bridgehead atoms. The molecule has 2 heterocycles. The van der Waals surface area contributed by atoms with E-state index in [0.717, 1.165) is 40.3 Å². The van der Waals surface area contributed by atoms with Crippen LogP contribution in [0, 0.1) is 11.8 Å². The Bertz CT molecular complexity index is 972. The summed E-state index contributed by atoms with van der Waals surface area (Å²) < 4.78 is 0. The number of benzene rings is 1. The summed E-state index contributed by atoms with van der Waals surface area (Å²) in [4.78, 5) is 27.0. The maximum atomic E-state index is 12.1. The molecule has 1 aromatic heterocycles. The fraction of sp³-hybridized carbons (Fsp3) is 0.462. The van der Waals surface area contributed by atoms with Crippen molar-refractivity contribution in [3.8, 4) is 10.4 Å². The van der Waals surface area contributed by atoms with Gasteiger partial charge < -0.3 is 15.7 Å². The highest BCUT2D eigenvalue weighted by atomic mass is 32.1. The van der Waals surface area contributed by atoms with Crippen LogP contribution in [0.3, 0.4) is 0 Å². The zero-order valence-corrected chi connectivity index (χ0v) is 20.1. The lowest BCUT2D eigenvalue weighted by Gasteiger charge is -2.36. The van der Waals surface area contributed by atoms with E-state index >= 15 is 0 Å². The molecule has 4 rings (SSSR count). The molecule has 1 aliphatic carbocycles. The van der Waals surface area contributed by atoms with Gasteiger partial charge in [-0.2, -0.15) is 0 Å². The van der Waals surface area contributed by atoms with Crippen molar-refractivity contribution in [1.29, 1.82) is 0 Å². The van der Waals surface area contributed by atoms with E-state index in [0.29, 0.717) is 30.3 Å². The predicted octanol–water partition coefficient (Wildman–Crippen LogP) is 6.50. The van der Waals surface area contributed by atoms with Gasteiger partial charge in [0.05, 0.1) is 0 Å². The molecule has 1 aliphatic heterocycles. The molecule has 0 unspecified atom stereocenters. The van der Waals surface area contributed by atoms with Crippen LogP contribution in [0.15, 0.2) is 42.0 Å². The number of carboxylic acid groups (broad SMARTS) is 1. The third kappa shape index (κ3) is 5.23. The highest BCUT2D eigenvalue weighted by Gasteiger charge is 2.32. The number of primary amides is 1. The van der Waals surface area contributed by atoms with Crippen molar-refractivity contribution in [3.63, 3.8) is 0 Å². The second-order valence-electron chi connectivity index (χ2n) is 8.50. The van der Waals surface area contributed by atoms with E-state index in [1.807, 2.05) is 50.2 Å². The minimum Gasteiger partial charge on any atom is -0.477 e. The molecule has 5 nitrogen and oxygen atoms in total. The first-order chi connectivity index (χ1) is 15.4. The second kappa shape index (κ2) is 10.8. The van der Waals surface area contributed by atoms with E-state index in [2.05, 4.69) is 6.92 Å². The number of carboxylic acids is 1. The van der Waals surface area contributed by atoms with Crippen molar-refractivity contribution < 1.29 is 14.7 Å². The van der Waals surface area contributed by atoms with Gasteiger partial charge in [0.1, 0.15) is 4.88 Å². The molecule has 2 amide bonds. The maximum absolute atomic E-state index is 12.1. The summed E-state index contributed by atoms with van der Waals surface area (Å²) in [6, 6.07) is 11.5. The molecule has 0 radical (unpaired) electrons. The summed E-state index contributed by atoms with van der Waals surface area (Å²) >= 11 is 1.33. The number of nitrogens with zero attached hydrogens (tertiary/aromatic N) is 1. The number of urea groups is 1. The van der Waals surface area contributed by atoms with Crippen LogP contribution in [0.2, 0.25) is 0 Å². The van der Waals surface area contributed by atoms with E-state index in [1.54, 1.807) is 4.90 Å². The van der Waals surface area contributed by atoms with Gasteiger partial charge in [0.15, 0.2) is 0 Å². The van der Waals surface area contributed by atoms with E-state index in [-0.39, 0.29) is 0 Å². The quantitative estimate of drug-likeness (QED) is 0.553. The highest BCUT2D eigenvalue weighted by molar-refractivity contribution is 7.17. The molecule has 3 N–H and O–H groups in total. The standard InChI is InChI=1S/C24H28N2O3S.C2H6/c1-15-7-9-16(10-8-15)20-14-26(24(25)29)12-11-18(20)19-13-21(30-22(19)23(27)28)17-5-3-2-4-6-17;1-2/h2-6,13,15-16H,7-12,14H2,1H3,(H2,25,29)(H,27,28);1-2H3. The van der Waals surface area contributed by atoms with Crippen LogP contribution >= 0.6 is 11.3 Å². The SMILES string of the molecule is CC.CC1CCC(C2=C(c3cc(-c4ccccc4)sc3C(=O)O)CCN(C(N)=O)C2)CC1. The minimum atomic E-state index is -0.890. The van der Waals surface area contributed by atoms with Gasteiger partial charge in [-0.25, -0.2) is 9.59 Å². The van der Waals surface area contributed by atoms with Crippen molar-refractivity contribution in [3.05, 3.63) is 52.4 Å². The van der Waals surface area contributed by atoms with Crippen LogP contribution in [0.25, 0.3) is 16.0 Å². The summed E-state index contributed by atoms with van der Waals surface area (Å²) in [5.74, 6) is 0.222. The lowest BCUT2D eigenvalue weighted by atomic mass is 9.75. The summed E-state index contributed by atoms with van der Waals surface area (Å²) in [6.45, 7) is 7.34. The molecule has 32 heavy (non-hydrogen) atoms. The van der Waals surface area contributed by atoms with E-state index in [9.17, 15) is 14.7 Å². The molecule has 2 aromatic rings. The summed E-state index contributed by atoms with van der Waals surface area (Å²) in [6.07, 6.45) is 5.16. The summed E-state index contributed by atoms with van der Waals surface area (Å²) in [5, 5.41) is 9.93. The summed E-state index contributed by atoms with van der Waals surface area (Å²) in [7, 11) is 0. The van der Waals surface area contributed by atoms with Gasteiger partial charge in [-0.1, -0.05) is 63.9 Å². The minimum absolute atomic E-state index is 0.387. The van der Waals surface area contributed by atoms with Crippen molar-refractivity contribution in [1.82, 2.24) is 4.90 Å². The first-order valence-corrected chi connectivity index (χ1v) is 12.4. The molecule has 0 saturated heterocycles. The largest absolute Gasteiger partial charge is 0.477 e. The average molecular weight is 455 g/mol. The summed E-state index contributed by atoms with van der Waals surface area (Å²) in [5.41, 5.74) is 9.77. The number of hydrogen-bond donors (Lipinski definition) is 2. The van der Waals surface area contributed by atoms with Crippen LogP contribution < -0.4 is 5.73 Å². The number of aromatic carboxylic acids is 1. The first kappa shape index (κ1) is 24.1. The molecule has 6 heteroatoms. The van der Waals surface area contributed by atoms with Crippen LogP contribution in [-0.2, 0) is 0 Å². The Labute approximate surface area is 194 Å². The lowest BCUT2D eigenvalue weighted by molar-refractivity contribution is 0.0701. The topological polar surface area (TPSA) is 83.6 Å². The average Bonchev–Trinajstić information content (AvgIpc) is 3.27. The Morgan fingerprint density at radius 3 is 2.34 bits per heavy atom. The Balaban J connectivity index is 0.00000141. The molecule has 172 valence electrons. The Morgan fingerprint density at radius 1 is 1.09 bits per heavy atom. The Kier molecular flexibility index (Phi) is 8.13. The van der Waals surface area contributed by atoms with Gasteiger partial charge >= 0.3 is 12.0 Å². The molecular formula is C26H34N2O3S. The smallest absolute Gasteiger partial charge is 0.346 e. The molecular weight excluding hydrogens is 420 g/mol. The number of amides is 2. The predicted molar refractivity (Wildman–Crippen MR) is 132 cm³/mol. The van der Waals surface area contributed by atoms with Crippen LogP contribution in [0.5, 0.6) is 0 Å². The van der Waals surface area contributed by atoms with Gasteiger partial charge in [0, 0.05) is 23.5 Å². The first-order valence-electron chi connectivity index (χ1n) is 11.6. The van der Waals surface area contributed by atoms with Gasteiger partial charge in [-0.3, -0.25) is 0 Å². The number of carbonyl (C=O) groups is 2. The van der Waals surface area contributed by atoms with Crippen molar-refractivity contribution >= 4 is 28.9 Å². The van der Waals surface area contributed by atoms with Gasteiger partial charge in [0.2, 0.25) is 0 Å². The maximum Gasteiger partial charge on any atom is 0.346 e. The normalized spacial score (nSPS) is 21.0. The number of carbonyl (C=O) groups excluding carboxylic acids is 1. The number of hydrogen-bond acceptors (Lipinski definition) is 3. The van der Waals surface area contributed by atoms with Crippen molar-refractivity contribution in [2.24, 2.45) is 17.6 Å². The molecule has 1 aromatic carbocycles. The zero-order valence-electron chi connectivity index (χ0n) is 19.3. The van der Waals surface area contributed by atoms with Crippen LogP contribution in [-0.4, -0.2) is 35.1 Å². The number of rotatable bonds is 4. The molecule has 0 spiro atoms. The Hall–Kier alpha value is -2.60. The van der Waals surface area contributed by atoms with Crippen molar-refractivity contribution in [2.75, 3.05) is 13.1 Å². The molecule has 2 aliphatic rings. The monoisotopic (exact) mass is 454 g/mol. The molecule has 1 fully saturated rings. The zero-order chi connectivity index (χ0) is 23.3. The highest BCUT2D eigenvalue weighted by Crippen LogP contribution is 2.43. The van der Waals surface area contributed by atoms with E-state index in [1.165, 1.54) is 29.8 Å². The number of thiophene rings is 1. The van der Waals surface area contributed by atoms with Crippen LogP contribution in [0.4, 0.5) is 4.79 Å². The van der Waals surface area contributed by atoms with E-state index < -0.39 is 12.0 Å². The second-order valence-corrected chi connectivity index (χ2v) is 9.55. The Morgan fingerprint density at radius 2 is 1.75 bits per heavy atom. The number of nitrogens with two attached hydrogens (primary N) is 1. The molecule has 0 atom stereocenters.